The maximum atomic E-state index is 5.69. The molecule has 0 fully saturated rings. The van der Waals surface area contributed by atoms with Crippen molar-refractivity contribution in [1.29, 1.82) is 0 Å². The van der Waals surface area contributed by atoms with Gasteiger partial charge in [0.05, 0.1) is 6.20 Å². The predicted octanol–water partition coefficient (Wildman–Crippen LogP) is 0.699. The lowest BCUT2D eigenvalue weighted by Gasteiger charge is -2.04. The van der Waals surface area contributed by atoms with E-state index < -0.39 is 0 Å². The molecule has 6 heteroatoms. The van der Waals surface area contributed by atoms with Crippen molar-refractivity contribution in [2.75, 3.05) is 12.8 Å². The van der Waals surface area contributed by atoms with E-state index in [0.717, 1.165) is 5.56 Å². The van der Waals surface area contributed by atoms with Gasteiger partial charge >= 0.3 is 0 Å². The van der Waals surface area contributed by atoms with Crippen molar-refractivity contribution in [3.05, 3.63) is 29.8 Å². The van der Waals surface area contributed by atoms with Gasteiger partial charge in [-0.2, -0.15) is 5.10 Å². The van der Waals surface area contributed by atoms with Crippen LogP contribution in [0, 0.1) is 6.92 Å². The van der Waals surface area contributed by atoms with E-state index >= 15 is 0 Å². The Kier molecular flexibility index (Phi) is 2.82. The Labute approximate surface area is 93.1 Å². The van der Waals surface area contributed by atoms with Crippen LogP contribution in [0.3, 0.4) is 0 Å². The highest BCUT2D eigenvalue weighted by Gasteiger charge is 2.05. The van der Waals surface area contributed by atoms with E-state index in [-0.39, 0.29) is 0 Å². The molecule has 2 heterocycles. The first kappa shape index (κ1) is 10.6. The van der Waals surface area contributed by atoms with E-state index in [0.29, 0.717) is 24.1 Å². The van der Waals surface area contributed by atoms with Crippen molar-refractivity contribution in [3.63, 3.8) is 0 Å². The second-order valence-corrected chi connectivity index (χ2v) is 3.46. The van der Waals surface area contributed by atoms with Crippen LogP contribution in [0.1, 0.15) is 11.4 Å². The summed E-state index contributed by atoms with van der Waals surface area (Å²) in [6, 6.07) is 1.67. The second-order valence-electron chi connectivity index (χ2n) is 3.46. The zero-order valence-corrected chi connectivity index (χ0v) is 9.21. The summed E-state index contributed by atoms with van der Waals surface area (Å²) < 4.78 is 6.63. The van der Waals surface area contributed by atoms with Gasteiger partial charge in [0.1, 0.15) is 12.4 Å². The Bertz CT molecular complexity index is 494. The zero-order valence-electron chi connectivity index (χ0n) is 9.21. The Balaban J connectivity index is 2.40. The summed E-state index contributed by atoms with van der Waals surface area (Å²) in [5.74, 6) is 1.60. The van der Waals surface area contributed by atoms with Crippen LogP contribution in [0.5, 0.6) is 0 Å². The molecular weight excluding hydrogens is 206 g/mol. The topological polar surface area (TPSA) is 78.9 Å². The first-order valence-corrected chi connectivity index (χ1v) is 4.83. The molecule has 2 aromatic heterocycles. The van der Waals surface area contributed by atoms with Gasteiger partial charge in [0.25, 0.3) is 0 Å². The van der Waals surface area contributed by atoms with Crippen LogP contribution in [0.15, 0.2) is 18.5 Å². The number of nitrogens with zero attached hydrogens (tertiary/aromatic N) is 4. The number of hydrogen-bond donors (Lipinski definition) is 1. The number of anilines is 1. The molecule has 0 aliphatic carbocycles. The monoisotopic (exact) mass is 219 g/mol. The average molecular weight is 219 g/mol. The van der Waals surface area contributed by atoms with Gasteiger partial charge in [0.2, 0.25) is 0 Å². The normalized spacial score (nSPS) is 10.6. The molecule has 2 rings (SSSR count). The van der Waals surface area contributed by atoms with Gasteiger partial charge < -0.3 is 10.5 Å². The number of nitrogens with two attached hydrogens (primary N) is 1. The number of aromatic nitrogens is 4. The Morgan fingerprint density at radius 2 is 2.25 bits per heavy atom. The number of ether oxygens (including phenoxy) is 1. The lowest BCUT2D eigenvalue weighted by atomic mass is 10.4. The molecule has 0 saturated carbocycles. The number of nitrogen functional groups attached to an aromatic ring is 1. The Morgan fingerprint density at radius 1 is 1.44 bits per heavy atom. The first-order chi connectivity index (χ1) is 7.69. The van der Waals surface area contributed by atoms with Gasteiger partial charge in [-0.05, 0) is 12.5 Å². The average Bonchev–Trinajstić information content (AvgIpc) is 2.64. The van der Waals surface area contributed by atoms with Gasteiger partial charge in [0.15, 0.2) is 11.6 Å². The van der Waals surface area contributed by atoms with Crippen molar-refractivity contribution >= 4 is 5.82 Å². The largest absolute Gasteiger partial charge is 0.384 e. The third kappa shape index (κ3) is 2.17. The summed E-state index contributed by atoms with van der Waals surface area (Å²) >= 11 is 0. The van der Waals surface area contributed by atoms with Crippen molar-refractivity contribution in [1.82, 2.24) is 19.7 Å². The van der Waals surface area contributed by atoms with E-state index in [1.807, 2.05) is 13.1 Å². The summed E-state index contributed by atoms with van der Waals surface area (Å²) in [6.07, 6.45) is 3.63. The van der Waals surface area contributed by atoms with Gasteiger partial charge in [-0.1, -0.05) is 0 Å². The van der Waals surface area contributed by atoms with Gasteiger partial charge in [-0.3, -0.25) is 0 Å². The lowest BCUT2D eigenvalue weighted by Crippen LogP contribution is -2.06. The van der Waals surface area contributed by atoms with E-state index in [2.05, 4.69) is 15.1 Å². The van der Waals surface area contributed by atoms with Gasteiger partial charge in [-0.25, -0.2) is 14.6 Å². The highest BCUT2D eigenvalue weighted by atomic mass is 16.5. The summed E-state index contributed by atoms with van der Waals surface area (Å²) in [5.41, 5.74) is 6.75. The summed E-state index contributed by atoms with van der Waals surface area (Å²) in [7, 11) is 1.59. The number of hydrogen-bond acceptors (Lipinski definition) is 5. The number of rotatable bonds is 3. The van der Waals surface area contributed by atoms with Crippen LogP contribution in [0.4, 0.5) is 5.82 Å². The summed E-state index contributed by atoms with van der Waals surface area (Å²) in [4.78, 5) is 8.35. The maximum Gasteiger partial charge on any atom is 0.159 e. The van der Waals surface area contributed by atoms with Crippen LogP contribution in [0.25, 0.3) is 5.82 Å². The fourth-order valence-corrected chi connectivity index (χ4v) is 1.35. The molecular formula is C10H13N5O. The molecule has 0 amide bonds. The molecule has 84 valence electrons. The summed E-state index contributed by atoms with van der Waals surface area (Å²) in [6.45, 7) is 2.29. The molecule has 0 atom stereocenters. The van der Waals surface area contributed by atoms with Gasteiger partial charge in [0, 0.05) is 19.4 Å². The van der Waals surface area contributed by atoms with Crippen LogP contribution >= 0.6 is 0 Å². The third-order valence-electron chi connectivity index (χ3n) is 2.00. The van der Waals surface area contributed by atoms with Crippen LogP contribution in [-0.2, 0) is 11.3 Å². The molecule has 0 aliphatic rings. The first-order valence-electron chi connectivity index (χ1n) is 4.83. The predicted molar refractivity (Wildman–Crippen MR) is 59.0 cm³/mol. The fraction of sp³-hybridized carbons (Fsp3) is 0.300. The van der Waals surface area contributed by atoms with Crippen molar-refractivity contribution in [3.8, 4) is 5.82 Å². The molecule has 2 N–H and O–H groups in total. The Morgan fingerprint density at radius 3 is 2.88 bits per heavy atom. The standard InChI is InChI=1S/C10H13N5O/c1-7-4-12-15(5-7)10-3-8(11)13-9(14-10)6-16-2/h3-5H,6H2,1-2H3,(H2,11,13,14). The molecule has 6 nitrogen and oxygen atoms in total. The molecule has 2 aromatic rings. The molecule has 16 heavy (non-hydrogen) atoms. The summed E-state index contributed by atoms with van der Waals surface area (Å²) in [5, 5.41) is 4.16. The van der Waals surface area contributed by atoms with Crippen LogP contribution in [0.2, 0.25) is 0 Å². The minimum Gasteiger partial charge on any atom is -0.384 e. The molecule has 0 unspecified atom stereocenters. The molecule has 0 bridgehead atoms. The second kappa shape index (κ2) is 4.28. The fourth-order valence-electron chi connectivity index (χ4n) is 1.35. The van der Waals surface area contributed by atoms with Crippen molar-refractivity contribution in [2.24, 2.45) is 0 Å². The molecule has 0 spiro atoms. The van der Waals surface area contributed by atoms with E-state index in [4.69, 9.17) is 10.5 Å². The van der Waals surface area contributed by atoms with Crippen LogP contribution < -0.4 is 5.73 Å². The van der Waals surface area contributed by atoms with Gasteiger partial charge in [-0.15, -0.1) is 0 Å². The molecule has 0 saturated heterocycles. The highest BCUT2D eigenvalue weighted by molar-refractivity contribution is 5.37. The Hall–Kier alpha value is -1.95. The maximum absolute atomic E-state index is 5.69. The van der Waals surface area contributed by atoms with E-state index in [1.165, 1.54) is 0 Å². The SMILES string of the molecule is COCc1nc(N)cc(-n2cc(C)cn2)n1. The lowest BCUT2D eigenvalue weighted by molar-refractivity contribution is 0.178. The van der Waals surface area contributed by atoms with Crippen molar-refractivity contribution < 1.29 is 4.74 Å². The minimum atomic E-state index is 0.332. The smallest absolute Gasteiger partial charge is 0.159 e. The number of aryl methyl sites for hydroxylation is 1. The molecule has 0 aliphatic heterocycles. The third-order valence-corrected chi connectivity index (χ3v) is 2.00. The molecule has 0 radical (unpaired) electrons. The van der Waals surface area contributed by atoms with Crippen molar-refractivity contribution in [2.45, 2.75) is 13.5 Å². The van der Waals surface area contributed by atoms with E-state index in [9.17, 15) is 0 Å². The van der Waals surface area contributed by atoms with Crippen LogP contribution in [-0.4, -0.2) is 26.9 Å². The number of methoxy groups -OCH3 is 1. The highest BCUT2D eigenvalue weighted by Crippen LogP contribution is 2.09. The van der Waals surface area contributed by atoms with E-state index in [1.54, 1.807) is 24.1 Å². The molecule has 0 aromatic carbocycles. The zero-order chi connectivity index (χ0) is 11.5. The quantitative estimate of drug-likeness (QED) is 0.822. The minimum absolute atomic E-state index is 0.332.